The Morgan fingerprint density at radius 3 is 2.08 bits per heavy atom. The molecule has 0 atom stereocenters. The molecule has 37 heavy (non-hydrogen) atoms. The summed E-state index contributed by atoms with van der Waals surface area (Å²) in [6.45, 7) is 9.28. The summed E-state index contributed by atoms with van der Waals surface area (Å²) in [5.74, 6) is 0. The third-order valence-electron chi connectivity index (χ3n) is 8.58. The third kappa shape index (κ3) is 3.50. The molecule has 2 heteroatoms. The molecule has 3 aromatic carbocycles. The number of fused-ring (bicyclic) bond motifs is 3. The van der Waals surface area contributed by atoms with Gasteiger partial charge in [0, 0.05) is 41.6 Å². The Balaban J connectivity index is 1.38. The monoisotopic (exact) mass is 483 g/mol. The van der Waals surface area contributed by atoms with Crippen molar-refractivity contribution >= 4 is 28.2 Å². The van der Waals surface area contributed by atoms with Gasteiger partial charge in [-0.3, -0.25) is 0 Å². The maximum Gasteiger partial charge on any atom is 0.209 e. The molecule has 6 rings (SSSR count). The van der Waals surface area contributed by atoms with E-state index in [1.54, 1.807) is 0 Å². The van der Waals surface area contributed by atoms with Crippen LogP contribution >= 0.6 is 0 Å². The molecule has 0 spiro atoms. The minimum atomic E-state index is -0.0305. The average molecular weight is 484 g/mol. The van der Waals surface area contributed by atoms with E-state index in [1.165, 1.54) is 56.2 Å². The summed E-state index contributed by atoms with van der Waals surface area (Å²) >= 11 is 0. The number of anilines is 1. The number of nitrogens with zero attached hydrogens (tertiary/aromatic N) is 2. The molecule has 0 saturated heterocycles. The molecule has 2 heterocycles. The van der Waals surface area contributed by atoms with E-state index < -0.39 is 0 Å². The maximum absolute atomic E-state index is 2.34. The van der Waals surface area contributed by atoms with Crippen LogP contribution in [0.1, 0.15) is 49.9 Å². The van der Waals surface area contributed by atoms with Crippen molar-refractivity contribution in [2.45, 2.75) is 38.5 Å². The van der Waals surface area contributed by atoms with Crippen molar-refractivity contribution in [2.24, 2.45) is 0 Å². The summed E-state index contributed by atoms with van der Waals surface area (Å²) in [7, 11) is 4.36. The molecule has 1 aliphatic carbocycles. The average Bonchev–Trinajstić information content (AvgIpc) is 3.41. The second kappa shape index (κ2) is 8.31. The summed E-state index contributed by atoms with van der Waals surface area (Å²) in [4.78, 5) is 2.34. The van der Waals surface area contributed by atoms with E-state index in [4.69, 9.17) is 0 Å². The largest absolute Gasteiger partial charge is 0.347 e. The van der Waals surface area contributed by atoms with Crippen molar-refractivity contribution in [3.8, 4) is 0 Å². The topological polar surface area (TPSA) is 6.25 Å². The van der Waals surface area contributed by atoms with Crippen molar-refractivity contribution in [1.29, 1.82) is 0 Å². The van der Waals surface area contributed by atoms with Gasteiger partial charge in [-0.05, 0) is 66.0 Å². The van der Waals surface area contributed by atoms with Crippen LogP contribution in [0.5, 0.6) is 0 Å². The van der Waals surface area contributed by atoms with Crippen molar-refractivity contribution in [3.05, 3.63) is 131 Å². The number of para-hydroxylation sites is 2. The van der Waals surface area contributed by atoms with E-state index >= 15 is 0 Å². The first-order valence-electron chi connectivity index (χ1n) is 13.2. The van der Waals surface area contributed by atoms with Crippen molar-refractivity contribution < 1.29 is 4.58 Å². The van der Waals surface area contributed by atoms with Gasteiger partial charge in [0.25, 0.3) is 0 Å². The second-order valence-electron chi connectivity index (χ2n) is 11.4. The minimum Gasteiger partial charge on any atom is -0.347 e. The zero-order chi connectivity index (χ0) is 25.9. The zero-order valence-electron chi connectivity index (χ0n) is 22.7. The first-order valence-corrected chi connectivity index (χ1v) is 13.2. The lowest BCUT2D eigenvalue weighted by atomic mass is 9.81. The van der Waals surface area contributed by atoms with Crippen LogP contribution < -0.4 is 4.90 Å². The molecule has 3 aromatic rings. The Kier molecular flexibility index (Phi) is 5.28. The summed E-state index contributed by atoms with van der Waals surface area (Å²) in [5.41, 5.74) is 13.0. The van der Waals surface area contributed by atoms with Gasteiger partial charge in [-0.25, -0.2) is 0 Å². The van der Waals surface area contributed by atoms with Crippen LogP contribution in [0.3, 0.4) is 0 Å². The van der Waals surface area contributed by atoms with Crippen LogP contribution in [0.15, 0.2) is 109 Å². The van der Waals surface area contributed by atoms with E-state index in [1.807, 2.05) is 0 Å². The number of allylic oxidation sites excluding steroid dienone is 8. The fourth-order valence-corrected chi connectivity index (χ4v) is 6.53. The first-order chi connectivity index (χ1) is 17.7. The minimum absolute atomic E-state index is 0.0305. The molecule has 2 nitrogen and oxygen atoms in total. The van der Waals surface area contributed by atoms with Gasteiger partial charge in [0.05, 0.1) is 5.41 Å². The Morgan fingerprint density at radius 1 is 0.703 bits per heavy atom. The van der Waals surface area contributed by atoms with Crippen LogP contribution in [0, 0.1) is 0 Å². The predicted molar refractivity (Wildman–Crippen MR) is 158 cm³/mol. The Hall–Kier alpha value is -3.91. The number of hydrogen-bond acceptors (Lipinski definition) is 1. The van der Waals surface area contributed by atoms with Gasteiger partial charge in [-0.2, -0.15) is 4.58 Å². The van der Waals surface area contributed by atoms with Crippen molar-refractivity contribution in [2.75, 3.05) is 19.0 Å². The number of rotatable bonds is 3. The van der Waals surface area contributed by atoms with Crippen LogP contribution in [-0.4, -0.2) is 24.4 Å². The molecule has 0 radical (unpaired) electrons. The highest BCUT2D eigenvalue weighted by molar-refractivity contribution is 6.06. The molecule has 2 aliphatic heterocycles. The van der Waals surface area contributed by atoms with E-state index in [2.05, 4.69) is 154 Å². The second-order valence-corrected chi connectivity index (χ2v) is 11.4. The van der Waals surface area contributed by atoms with Crippen LogP contribution in [0.2, 0.25) is 0 Å². The van der Waals surface area contributed by atoms with E-state index in [-0.39, 0.29) is 10.8 Å². The summed E-state index contributed by atoms with van der Waals surface area (Å²) in [6, 6.07) is 26.2. The highest BCUT2D eigenvalue weighted by Crippen LogP contribution is 2.47. The third-order valence-corrected chi connectivity index (χ3v) is 8.58. The van der Waals surface area contributed by atoms with E-state index in [0.29, 0.717) is 0 Å². The van der Waals surface area contributed by atoms with Crippen LogP contribution in [-0.2, 0) is 10.8 Å². The fraction of sp³-hybridized carbons (Fsp3) is 0.229. The van der Waals surface area contributed by atoms with Gasteiger partial charge < -0.3 is 4.90 Å². The SMILES string of the molecule is CN1/C(=C/C=C2C=C(/C=C/C3=[N+](C)c4ccccc4C3(C)C)c3ccccc3\2)C(C)(C)c2ccccc21. The molecule has 3 aliphatic rings. The summed E-state index contributed by atoms with van der Waals surface area (Å²) in [5, 5.41) is 0. The molecule has 0 aromatic heterocycles. The molecular formula is C35H35N2+. The van der Waals surface area contributed by atoms with Crippen molar-refractivity contribution in [3.63, 3.8) is 0 Å². The lowest BCUT2D eigenvalue weighted by Gasteiger charge is -2.23. The lowest BCUT2D eigenvalue weighted by Crippen LogP contribution is -2.26. The quantitative estimate of drug-likeness (QED) is 0.342. The smallest absolute Gasteiger partial charge is 0.209 e. The van der Waals surface area contributed by atoms with Crippen molar-refractivity contribution in [1.82, 2.24) is 0 Å². The Morgan fingerprint density at radius 2 is 1.35 bits per heavy atom. The standard InChI is InChI=1S/C35H35N2/c1-34(2)28-15-9-11-17-30(28)36(5)32(34)21-19-24-23-25(27-14-8-7-13-26(24)27)20-22-33-35(3,4)29-16-10-12-18-31(29)37(33)6/h7-23H,1-6H3/q+1. The summed E-state index contributed by atoms with van der Waals surface area (Å²) in [6.07, 6.45) is 11.6. The predicted octanol–water partition coefficient (Wildman–Crippen LogP) is 8.04. The molecule has 0 fully saturated rings. The highest BCUT2D eigenvalue weighted by atomic mass is 15.2. The normalized spacial score (nSPS) is 21.1. The van der Waals surface area contributed by atoms with Crippen LogP contribution in [0.25, 0.3) is 11.1 Å². The highest BCUT2D eigenvalue weighted by Gasteiger charge is 2.42. The van der Waals surface area contributed by atoms with E-state index in [9.17, 15) is 0 Å². The Bertz CT molecular complexity index is 1590. The molecule has 0 saturated carbocycles. The van der Waals surface area contributed by atoms with Gasteiger partial charge >= 0.3 is 0 Å². The van der Waals surface area contributed by atoms with Gasteiger partial charge in [0.1, 0.15) is 7.05 Å². The lowest BCUT2D eigenvalue weighted by molar-refractivity contribution is -0.401. The number of likely N-dealkylation sites (N-methyl/N-ethyl adjacent to an activating group) is 1. The van der Waals surface area contributed by atoms with Gasteiger partial charge in [-0.1, -0.05) is 80.6 Å². The Labute approximate surface area is 221 Å². The molecular weight excluding hydrogens is 448 g/mol. The summed E-state index contributed by atoms with van der Waals surface area (Å²) < 4.78 is 2.34. The first kappa shape index (κ1) is 23.5. The maximum atomic E-state index is 2.34. The van der Waals surface area contributed by atoms with E-state index in [0.717, 1.165) is 0 Å². The molecule has 0 amide bonds. The fourth-order valence-electron chi connectivity index (χ4n) is 6.53. The van der Waals surface area contributed by atoms with Gasteiger partial charge in [0.2, 0.25) is 5.69 Å². The zero-order valence-corrected chi connectivity index (χ0v) is 22.7. The van der Waals surface area contributed by atoms with Crippen LogP contribution in [0.4, 0.5) is 11.4 Å². The molecule has 184 valence electrons. The van der Waals surface area contributed by atoms with Gasteiger partial charge in [0.15, 0.2) is 5.71 Å². The van der Waals surface area contributed by atoms with Gasteiger partial charge in [-0.15, -0.1) is 0 Å². The molecule has 0 bridgehead atoms. The molecule has 0 N–H and O–H groups in total. The molecule has 0 unspecified atom stereocenters. The number of hydrogen-bond donors (Lipinski definition) is 0. The number of benzene rings is 3.